The van der Waals surface area contributed by atoms with Crippen molar-refractivity contribution in [2.75, 3.05) is 24.6 Å². The first-order valence-electron chi connectivity index (χ1n) is 8.59. The van der Waals surface area contributed by atoms with Gasteiger partial charge in [-0.15, -0.1) is 0 Å². The van der Waals surface area contributed by atoms with E-state index in [-0.39, 0.29) is 12.5 Å². The summed E-state index contributed by atoms with van der Waals surface area (Å²) in [5.41, 5.74) is 5.54. The van der Waals surface area contributed by atoms with Crippen LogP contribution in [0.5, 0.6) is 5.75 Å². The molecule has 0 aliphatic carbocycles. The summed E-state index contributed by atoms with van der Waals surface area (Å²) in [6.45, 7) is 8.05. The van der Waals surface area contributed by atoms with E-state index in [2.05, 4.69) is 57.3 Å². The molecule has 5 nitrogen and oxygen atoms in total. The zero-order valence-electron chi connectivity index (χ0n) is 15.3. The third-order valence-electron chi connectivity index (χ3n) is 3.92. The summed E-state index contributed by atoms with van der Waals surface area (Å²) in [6.07, 6.45) is 1.62. The molecule has 0 atom stereocenters. The van der Waals surface area contributed by atoms with Gasteiger partial charge in [-0.25, -0.2) is 5.43 Å². The van der Waals surface area contributed by atoms with Crippen LogP contribution >= 0.6 is 15.9 Å². The van der Waals surface area contributed by atoms with Gasteiger partial charge in [-0.3, -0.25) is 4.79 Å². The molecule has 0 spiro atoms. The van der Waals surface area contributed by atoms with Crippen LogP contribution in [0.2, 0.25) is 0 Å². The summed E-state index contributed by atoms with van der Waals surface area (Å²) < 4.78 is 6.49. The Labute approximate surface area is 163 Å². The van der Waals surface area contributed by atoms with Crippen LogP contribution in [0.15, 0.2) is 52.0 Å². The lowest BCUT2D eigenvalue weighted by Gasteiger charge is -2.20. The lowest BCUT2D eigenvalue weighted by Crippen LogP contribution is -2.24. The maximum Gasteiger partial charge on any atom is 0.277 e. The zero-order valence-corrected chi connectivity index (χ0v) is 16.9. The largest absolute Gasteiger partial charge is 0.483 e. The molecule has 0 aliphatic rings. The molecule has 1 N–H and O–H groups in total. The molecule has 0 unspecified atom stereocenters. The SMILES string of the molecule is CCN(CC)c1ccc(C=NNC(=O)COc2ccc(Br)cc2C)cc1. The van der Waals surface area contributed by atoms with Gasteiger partial charge in [0.2, 0.25) is 0 Å². The normalized spacial score (nSPS) is 10.8. The fourth-order valence-electron chi connectivity index (χ4n) is 2.49. The minimum Gasteiger partial charge on any atom is -0.483 e. The van der Waals surface area contributed by atoms with Crippen LogP contribution in [0.1, 0.15) is 25.0 Å². The number of rotatable bonds is 8. The number of hydrogen-bond donors (Lipinski definition) is 1. The fraction of sp³-hybridized carbons (Fsp3) is 0.300. The fourth-order valence-corrected chi connectivity index (χ4v) is 2.96. The first-order valence-corrected chi connectivity index (χ1v) is 9.38. The Morgan fingerprint density at radius 1 is 1.19 bits per heavy atom. The Bertz CT molecular complexity index is 756. The number of anilines is 1. The van der Waals surface area contributed by atoms with Gasteiger partial charge in [0.15, 0.2) is 6.61 Å². The number of carbonyl (C=O) groups is 1. The molecular formula is C20H24BrN3O2. The number of nitrogens with zero attached hydrogens (tertiary/aromatic N) is 2. The second-order valence-electron chi connectivity index (χ2n) is 5.76. The minimum absolute atomic E-state index is 0.0826. The molecule has 26 heavy (non-hydrogen) atoms. The summed E-state index contributed by atoms with van der Waals surface area (Å²) in [7, 11) is 0. The molecule has 0 saturated heterocycles. The van der Waals surface area contributed by atoms with Crippen molar-refractivity contribution in [2.45, 2.75) is 20.8 Å². The molecule has 0 aliphatic heterocycles. The van der Waals surface area contributed by atoms with E-state index in [1.54, 1.807) is 6.21 Å². The molecule has 0 radical (unpaired) electrons. The van der Waals surface area contributed by atoms with Gasteiger partial charge in [0.1, 0.15) is 5.75 Å². The number of hydrogen-bond acceptors (Lipinski definition) is 4. The molecule has 2 aromatic carbocycles. The van der Waals surface area contributed by atoms with E-state index in [0.717, 1.165) is 28.7 Å². The number of amides is 1. The molecule has 2 aromatic rings. The predicted molar refractivity (Wildman–Crippen MR) is 110 cm³/mol. The molecule has 2 rings (SSSR count). The molecule has 0 bridgehead atoms. The summed E-state index contributed by atoms with van der Waals surface area (Å²) in [4.78, 5) is 14.1. The topological polar surface area (TPSA) is 53.9 Å². The van der Waals surface area contributed by atoms with Crippen molar-refractivity contribution in [1.29, 1.82) is 0 Å². The smallest absolute Gasteiger partial charge is 0.277 e. The van der Waals surface area contributed by atoms with Crippen LogP contribution in [-0.4, -0.2) is 31.8 Å². The molecule has 0 aromatic heterocycles. The van der Waals surface area contributed by atoms with Gasteiger partial charge in [-0.05, 0) is 62.2 Å². The number of ether oxygens (including phenoxy) is 1. The maximum atomic E-state index is 11.8. The van der Waals surface area contributed by atoms with Crippen LogP contribution in [0.25, 0.3) is 0 Å². The number of aryl methyl sites for hydroxylation is 1. The van der Waals surface area contributed by atoms with E-state index >= 15 is 0 Å². The monoisotopic (exact) mass is 417 g/mol. The van der Waals surface area contributed by atoms with Crippen molar-refractivity contribution in [3.05, 3.63) is 58.1 Å². The highest BCUT2D eigenvalue weighted by molar-refractivity contribution is 9.10. The second kappa shape index (κ2) is 9.97. The van der Waals surface area contributed by atoms with Crippen molar-refractivity contribution in [2.24, 2.45) is 5.10 Å². The Morgan fingerprint density at radius 2 is 1.88 bits per heavy atom. The average Bonchev–Trinajstić information content (AvgIpc) is 2.63. The minimum atomic E-state index is -0.302. The second-order valence-corrected chi connectivity index (χ2v) is 6.67. The maximum absolute atomic E-state index is 11.8. The van der Waals surface area contributed by atoms with Crippen molar-refractivity contribution in [3.8, 4) is 5.75 Å². The van der Waals surface area contributed by atoms with Crippen LogP contribution < -0.4 is 15.1 Å². The van der Waals surface area contributed by atoms with Crippen molar-refractivity contribution in [3.63, 3.8) is 0 Å². The summed E-state index contributed by atoms with van der Waals surface area (Å²) in [5, 5.41) is 3.98. The Hall–Kier alpha value is -2.34. The van der Waals surface area contributed by atoms with E-state index in [0.29, 0.717) is 5.75 Å². The van der Waals surface area contributed by atoms with Crippen LogP contribution in [0, 0.1) is 6.92 Å². The lowest BCUT2D eigenvalue weighted by molar-refractivity contribution is -0.123. The highest BCUT2D eigenvalue weighted by Gasteiger charge is 2.04. The summed E-state index contributed by atoms with van der Waals surface area (Å²) in [6, 6.07) is 13.7. The van der Waals surface area contributed by atoms with Gasteiger partial charge in [0, 0.05) is 23.2 Å². The number of benzene rings is 2. The van der Waals surface area contributed by atoms with Crippen molar-refractivity contribution < 1.29 is 9.53 Å². The Kier molecular flexibility index (Phi) is 7.66. The van der Waals surface area contributed by atoms with Gasteiger partial charge in [-0.1, -0.05) is 28.1 Å². The average molecular weight is 418 g/mol. The first-order chi connectivity index (χ1) is 12.5. The van der Waals surface area contributed by atoms with E-state index in [1.165, 1.54) is 5.69 Å². The quantitative estimate of drug-likeness (QED) is 0.518. The summed E-state index contributed by atoms with van der Waals surface area (Å²) >= 11 is 3.40. The number of hydrazone groups is 1. The standard InChI is InChI=1S/C20H24BrN3O2/c1-4-24(5-2)18-9-6-16(7-10-18)13-22-23-20(25)14-26-19-11-8-17(21)12-15(19)3/h6-13H,4-5,14H2,1-3H3,(H,23,25). The van der Waals surface area contributed by atoms with E-state index in [1.807, 2.05) is 37.3 Å². The van der Waals surface area contributed by atoms with Gasteiger partial charge in [0.25, 0.3) is 5.91 Å². The molecule has 0 heterocycles. The highest BCUT2D eigenvalue weighted by atomic mass is 79.9. The number of halogens is 1. The van der Waals surface area contributed by atoms with Gasteiger partial charge < -0.3 is 9.64 Å². The highest BCUT2D eigenvalue weighted by Crippen LogP contribution is 2.21. The first kappa shape index (κ1) is 20.0. The van der Waals surface area contributed by atoms with Crippen molar-refractivity contribution >= 4 is 33.7 Å². The van der Waals surface area contributed by atoms with Crippen LogP contribution in [-0.2, 0) is 4.79 Å². The Balaban J connectivity index is 1.83. The molecule has 0 fully saturated rings. The number of nitrogens with one attached hydrogen (secondary N) is 1. The predicted octanol–water partition coefficient (Wildman–Crippen LogP) is 4.13. The molecular weight excluding hydrogens is 394 g/mol. The van der Waals surface area contributed by atoms with E-state index in [4.69, 9.17) is 4.74 Å². The molecule has 0 saturated carbocycles. The van der Waals surface area contributed by atoms with Gasteiger partial charge in [0.05, 0.1) is 6.21 Å². The third-order valence-corrected chi connectivity index (χ3v) is 4.41. The number of carbonyl (C=O) groups excluding carboxylic acids is 1. The lowest BCUT2D eigenvalue weighted by atomic mass is 10.2. The van der Waals surface area contributed by atoms with Gasteiger partial charge >= 0.3 is 0 Å². The zero-order chi connectivity index (χ0) is 18.9. The van der Waals surface area contributed by atoms with E-state index in [9.17, 15) is 4.79 Å². The van der Waals surface area contributed by atoms with Crippen molar-refractivity contribution in [1.82, 2.24) is 5.43 Å². The van der Waals surface area contributed by atoms with Crippen LogP contribution in [0.3, 0.4) is 0 Å². The van der Waals surface area contributed by atoms with Crippen LogP contribution in [0.4, 0.5) is 5.69 Å². The molecule has 1 amide bonds. The Morgan fingerprint density at radius 3 is 2.50 bits per heavy atom. The van der Waals surface area contributed by atoms with Gasteiger partial charge in [-0.2, -0.15) is 5.10 Å². The van der Waals surface area contributed by atoms with E-state index < -0.39 is 0 Å². The third kappa shape index (κ3) is 5.88. The molecule has 6 heteroatoms. The molecule has 138 valence electrons. The summed E-state index contributed by atoms with van der Waals surface area (Å²) in [5.74, 6) is 0.377.